The summed E-state index contributed by atoms with van der Waals surface area (Å²) in [6.45, 7) is 2.50. The minimum atomic E-state index is -0.311. The second-order valence-electron chi connectivity index (χ2n) is 7.87. The number of carbonyl (C=O) groups is 2. The predicted octanol–water partition coefficient (Wildman–Crippen LogP) is 5.11. The fourth-order valence-corrected chi connectivity index (χ4v) is 4.21. The molecule has 4 rings (SSSR count). The molecule has 3 aromatic carbocycles. The summed E-state index contributed by atoms with van der Waals surface area (Å²) in [6, 6.07) is 27.4. The van der Waals surface area contributed by atoms with Gasteiger partial charge in [-0.3, -0.25) is 9.59 Å². The first kappa shape index (κ1) is 19.9. The van der Waals surface area contributed by atoms with Gasteiger partial charge in [0.25, 0.3) is 0 Å². The molecule has 0 aliphatic carbocycles. The van der Waals surface area contributed by atoms with Gasteiger partial charge in [-0.15, -0.1) is 0 Å². The zero-order chi connectivity index (χ0) is 20.9. The SMILES string of the molecule is Cc1cccc(NC(=O)C2CCC(=O)N(Cc3ccccc3)C2c2ccccc2)c1. The van der Waals surface area contributed by atoms with Crippen LogP contribution in [0.5, 0.6) is 0 Å². The number of hydrogen-bond acceptors (Lipinski definition) is 2. The third-order valence-electron chi connectivity index (χ3n) is 5.67. The summed E-state index contributed by atoms with van der Waals surface area (Å²) < 4.78 is 0. The van der Waals surface area contributed by atoms with Crippen LogP contribution in [0.4, 0.5) is 5.69 Å². The van der Waals surface area contributed by atoms with Crippen molar-refractivity contribution in [2.75, 3.05) is 5.32 Å². The maximum Gasteiger partial charge on any atom is 0.229 e. The first-order valence-electron chi connectivity index (χ1n) is 10.4. The number of aryl methyl sites for hydroxylation is 1. The van der Waals surface area contributed by atoms with Crippen molar-refractivity contribution in [1.82, 2.24) is 4.90 Å². The van der Waals surface area contributed by atoms with Gasteiger partial charge < -0.3 is 10.2 Å². The Morgan fingerprint density at radius 1 is 0.967 bits per heavy atom. The summed E-state index contributed by atoms with van der Waals surface area (Å²) >= 11 is 0. The standard InChI is InChI=1S/C26H26N2O2/c1-19-9-8-14-22(17-19)27-26(30)23-15-16-24(29)28(18-20-10-4-2-5-11-20)25(23)21-12-6-3-7-13-21/h2-14,17,23,25H,15-16,18H2,1H3,(H,27,30). The molecule has 4 nitrogen and oxygen atoms in total. The summed E-state index contributed by atoms with van der Waals surface area (Å²) in [5, 5.41) is 3.07. The summed E-state index contributed by atoms with van der Waals surface area (Å²) in [5.41, 5.74) is 3.94. The molecule has 30 heavy (non-hydrogen) atoms. The van der Waals surface area contributed by atoms with Crippen LogP contribution >= 0.6 is 0 Å². The van der Waals surface area contributed by atoms with E-state index >= 15 is 0 Å². The number of piperidine rings is 1. The molecule has 2 unspecified atom stereocenters. The van der Waals surface area contributed by atoms with Crippen molar-refractivity contribution in [3.05, 3.63) is 102 Å². The summed E-state index contributed by atoms with van der Waals surface area (Å²) in [5.74, 6) is -0.262. The Kier molecular flexibility index (Phi) is 5.94. The minimum Gasteiger partial charge on any atom is -0.331 e. The number of anilines is 1. The van der Waals surface area contributed by atoms with Crippen LogP contribution in [-0.4, -0.2) is 16.7 Å². The van der Waals surface area contributed by atoms with Crippen molar-refractivity contribution in [3.63, 3.8) is 0 Å². The van der Waals surface area contributed by atoms with Gasteiger partial charge in [-0.2, -0.15) is 0 Å². The Bertz CT molecular complexity index is 1020. The molecular weight excluding hydrogens is 372 g/mol. The fourth-order valence-electron chi connectivity index (χ4n) is 4.21. The Balaban J connectivity index is 1.66. The first-order chi connectivity index (χ1) is 14.6. The summed E-state index contributed by atoms with van der Waals surface area (Å²) in [6.07, 6.45) is 0.920. The molecule has 0 bridgehead atoms. The van der Waals surface area contributed by atoms with Gasteiger partial charge in [0.1, 0.15) is 0 Å². The molecule has 152 valence electrons. The quantitative estimate of drug-likeness (QED) is 0.649. The largest absolute Gasteiger partial charge is 0.331 e. The molecule has 2 atom stereocenters. The van der Waals surface area contributed by atoms with E-state index in [1.807, 2.05) is 96.8 Å². The minimum absolute atomic E-state index is 0.0417. The van der Waals surface area contributed by atoms with E-state index in [1.54, 1.807) is 0 Å². The van der Waals surface area contributed by atoms with Crippen LogP contribution < -0.4 is 5.32 Å². The van der Waals surface area contributed by atoms with Crippen LogP contribution in [-0.2, 0) is 16.1 Å². The third-order valence-corrected chi connectivity index (χ3v) is 5.67. The Morgan fingerprint density at radius 3 is 2.37 bits per heavy atom. The molecule has 1 fully saturated rings. The van der Waals surface area contributed by atoms with E-state index in [9.17, 15) is 9.59 Å². The van der Waals surface area contributed by atoms with E-state index in [2.05, 4.69) is 5.32 Å². The van der Waals surface area contributed by atoms with Crippen LogP contribution in [0.15, 0.2) is 84.9 Å². The number of rotatable bonds is 5. The number of benzene rings is 3. The molecule has 0 radical (unpaired) electrons. The molecule has 0 saturated carbocycles. The van der Waals surface area contributed by atoms with E-state index in [0.717, 1.165) is 22.4 Å². The van der Waals surface area contributed by atoms with E-state index in [4.69, 9.17) is 0 Å². The molecular formula is C26H26N2O2. The van der Waals surface area contributed by atoms with Crippen molar-refractivity contribution in [1.29, 1.82) is 0 Å². The second-order valence-corrected chi connectivity index (χ2v) is 7.87. The van der Waals surface area contributed by atoms with Crippen molar-refractivity contribution in [2.24, 2.45) is 5.92 Å². The zero-order valence-electron chi connectivity index (χ0n) is 17.1. The van der Waals surface area contributed by atoms with E-state index in [-0.39, 0.29) is 23.8 Å². The number of carbonyl (C=O) groups excluding carboxylic acids is 2. The highest BCUT2D eigenvalue weighted by Crippen LogP contribution is 2.38. The lowest BCUT2D eigenvalue weighted by atomic mass is 9.83. The lowest BCUT2D eigenvalue weighted by molar-refractivity contribution is -0.142. The molecule has 1 N–H and O–H groups in total. The van der Waals surface area contributed by atoms with Gasteiger partial charge in [0.2, 0.25) is 11.8 Å². The average molecular weight is 399 g/mol. The molecule has 3 aromatic rings. The van der Waals surface area contributed by atoms with Gasteiger partial charge in [-0.25, -0.2) is 0 Å². The van der Waals surface area contributed by atoms with Gasteiger partial charge >= 0.3 is 0 Å². The van der Waals surface area contributed by atoms with Crippen LogP contribution in [0.25, 0.3) is 0 Å². The van der Waals surface area contributed by atoms with Crippen LogP contribution in [0, 0.1) is 12.8 Å². The Hall–Kier alpha value is -3.40. The van der Waals surface area contributed by atoms with Gasteiger partial charge in [0.05, 0.1) is 12.0 Å². The smallest absolute Gasteiger partial charge is 0.229 e. The molecule has 2 amide bonds. The van der Waals surface area contributed by atoms with Crippen LogP contribution in [0.1, 0.15) is 35.6 Å². The normalized spacial score (nSPS) is 18.8. The van der Waals surface area contributed by atoms with E-state index in [0.29, 0.717) is 19.4 Å². The Morgan fingerprint density at radius 2 is 1.67 bits per heavy atom. The van der Waals surface area contributed by atoms with Crippen molar-refractivity contribution >= 4 is 17.5 Å². The maximum absolute atomic E-state index is 13.3. The molecule has 0 aromatic heterocycles. The first-order valence-corrected chi connectivity index (χ1v) is 10.4. The van der Waals surface area contributed by atoms with Crippen molar-refractivity contribution in [3.8, 4) is 0 Å². The van der Waals surface area contributed by atoms with Gasteiger partial charge in [0, 0.05) is 18.7 Å². The van der Waals surface area contributed by atoms with Gasteiger partial charge in [-0.1, -0.05) is 72.8 Å². The van der Waals surface area contributed by atoms with Crippen LogP contribution in [0.2, 0.25) is 0 Å². The molecule has 0 spiro atoms. The summed E-state index contributed by atoms with van der Waals surface area (Å²) in [7, 11) is 0. The van der Waals surface area contributed by atoms with Crippen LogP contribution in [0.3, 0.4) is 0 Å². The predicted molar refractivity (Wildman–Crippen MR) is 119 cm³/mol. The van der Waals surface area contributed by atoms with Gasteiger partial charge in [0.15, 0.2) is 0 Å². The molecule has 1 heterocycles. The molecule has 1 saturated heterocycles. The highest BCUT2D eigenvalue weighted by molar-refractivity contribution is 5.94. The molecule has 4 heteroatoms. The number of likely N-dealkylation sites (tertiary alicyclic amines) is 1. The highest BCUT2D eigenvalue weighted by Gasteiger charge is 2.40. The average Bonchev–Trinajstić information content (AvgIpc) is 2.76. The topological polar surface area (TPSA) is 49.4 Å². The van der Waals surface area contributed by atoms with Crippen molar-refractivity contribution in [2.45, 2.75) is 32.4 Å². The lowest BCUT2D eigenvalue weighted by Gasteiger charge is -2.41. The van der Waals surface area contributed by atoms with E-state index in [1.165, 1.54) is 0 Å². The second kappa shape index (κ2) is 8.95. The van der Waals surface area contributed by atoms with E-state index < -0.39 is 0 Å². The fraction of sp³-hybridized carbons (Fsp3) is 0.231. The van der Waals surface area contributed by atoms with Crippen molar-refractivity contribution < 1.29 is 9.59 Å². The maximum atomic E-state index is 13.3. The highest BCUT2D eigenvalue weighted by atomic mass is 16.2. The summed E-state index contributed by atoms with van der Waals surface area (Å²) in [4.78, 5) is 28.1. The number of amides is 2. The number of nitrogens with one attached hydrogen (secondary N) is 1. The Labute approximate surface area is 177 Å². The lowest BCUT2D eigenvalue weighted by Crippen LogP contribution is -2.46. The number of nitrogens with zero attached hydrogens (tertiary/aromatic N) is 1. The van der Waals surface area contributed by atoms with Gasteiger partial charge in [-0.05, 0) is 42.2 Å². The zero-order valence-corrected chi connectivity index (χ0v) is 17.1. The monoisotopic (exact) mass is 398 g/mol. The molecule has 1 aliphatic heterocycles. The third kappa shape index (κ3) is 4.43. The number of hydrogen-bond donors (Lipinski definition) is 1. The molecule has 1 aliphatic rings.